The molecule has 1 spiro atoms. The summed E-state index contributed by atoms with van der Waals surface area (Å²) in [6, 6.07) is 4.09. The first kappa shape index (κ1) is 18.1. The Morgan fingerprint density at radius 1 is 1.12 bits per heavy atom. The Bertz CT molecular complexity index is 731. The van der Waals surface area contributed by atoms with Crippen molar-refractivity contribution < 1.29 is 13.9 Å². The second-order valence-electron chi connectivity index (χ2n) is 7.38. The van der Waals surface area contributed by atoms with Gasteiger partial charge in [0.2, 0.25) is 0 Å². The number of aryl methyl sites for hydroxylation is 2. The molecule has 0 unspecified atom stereocenters. The van der Waals surface area contributed by atoms with E-state index in [0.717, 1.165) is 74.7 Å². The number of hydrogen-bond acceptors (Lipinski definition) is 7. The molecule has 0 N–H and O–H groups in total. The maximum absolute atomic E-state index is 6.28. The topological polar surface area (TPSA) is 51.0 Å². The van der Waals surface area contributed by atoms with Gasteiger partial charge < -0.3 is 13.9 Å². The van der Waals surface area contributed by atoms with Gasteiger partial charge in [-0.1, -0.05) is 0 Å². The van der Waals surface area contributed by atoms with E-state index in [9.17, 15) is 0 Å². The minimum Gasteiger partial charge on any atom is -0.465 e. The molecule has 6 nitrogen and oxygen atoms in total. The van der Waals surface area contributed by atoms with E-state index in [2.05, 4.69) is 33.2 Å². The van der Waals surface area contributed by atoms with E-state index < -0.39 is 0 Å². The number of rotatable bonds is 4. The predicted octanol–water partition coefficient (Wildman–Crippen LogP) is 2.46. The fourth-order valence-corrected chi connectivity index (χ4v) is 4.46. The zero-order chi connectivity index (χ0) is 18.0. The zero-order valence-corrected chi connectivity index (χ0v) is 16.4. The Hall–Kier alpha value is -1.25. The van der Waals surface area contributed by atoms with Crippen LogP contribution < -0.4 is 0 Å². The first-order valence-electron chi connectivity index (χ1n) is 9.23. The van der Waals surface area contributed by atoms with Gasteiger partial charge in [-0.3, -0.25) is 9.80 Å². The molecule has 7 heteroatoms. The molecule has 2 fully saturated rings. The number of aromatic nitrogens is 1. The number of furan rings is 1. The zero-order valence-electron chi connectivity index (χ0n) is 15.6. The van der Waals surface area contributed by atoms with Crippen molar-refractivity contribution in [3.8, 4) is 0 Å². The lowest BCUT2D eigenvalue weighted by atomic mass is 10.0. The molecule has 26 heavy (non-hydrogen) atoms. The third kappa shape index (κ3) is 4.35. The molecular formula is C19H27N3O3S. The van der Waals surface area contributed by atoms with E-state index in [-0.39, 0.29) is 5.60 Å². The van der Waals surface area contributed by atoms with Crippen molar-refractivity contribution in [1.29, 1.82) is 0 Å². The van der Waals surface area contributed by atoms with Gasteiger partial charge in [0.25, 0.3) is 0 Å². The minimum atomic E-state index is -0.276. The van der Waals surface area contributed by atoms with Gasteiger partial charge in [-0.05, 0) is 26.0 Å². The van der Waals surface area contributed by atoms with Crippen LogP contribution in [0, 0.1) is 13.8 Å². The van der Waals surface area contributed by atoms with Crippen LogP contribution in [0.25, 0.3) is 0 Å². The third-order valence-electron chi connectivity index (χ3n) is 4.98. The van der Waals surface area contributed by atoms with Gasteiger partial charge in [-0.25, -0.2) is 4.98 Å². The van der Waals surface area contributed by atoms with Gasteiger partial charge >= 0.3 is 0 Å². The number of morpholine rings is 1. The van der Waals surface area contributed by atoms with Crippen LogP contribution in [0.3, 0.4) is 0 Å². The molecule has 0 amide bonds. The van der Waals surface area contributed by atoms with Crippen LogP contribution in [0.1, 0.15) is 22.2 Å². The smallest absolute Gasteiger partial charge is 0.118 e. The molecule has 2 aromatic rings. The van der Waals surface area contributed by atoms with Crippen LogP contribution in [-0.4, -0.2) is 66.4 Å². The van der Waals surface area contributed by atoms with Gasteiger partial charge in [-0.15, -0.1) is 11.3 Å². The molecule has 0 radical (unpaired) electrons. The summed E-state index contributed by atoms with van der Waals surface area (Å²) >= 11 is 1.71. The minimum absolute atomic E-state index is 0.276. The lowest BCUT2D eigenvalue weighted by Crippen LogP contribution is -2.58. The van der Waals surface area contributed by atoms with Crippen LogP contribution in [-0.2, 0) is 22.6 Å². The molecule has 2 aromatic heterocycles. The van der Waals surface area contributed by atoms with Crippen molar-refractivity contribution in [3.05, 3.63) is 39.7 Å². The SMILES string of the molecule is Cc1ccc(CN2CCO[C@@]3(COCCN(Cc4csc(C)n4)C3)C2)o1. The Morgan fingerprint density at radius 3 is 2.65 bits per heavy atom. The highest BCUT2D eigenvalue weighted by Crippen LogP contribution is 2.25. The van der Waals surface area contributed by atoms with Gasteiger partial charge in [0.05, 0.1) is 37.1 Å². The van der Waals surface area contributed by atoms with Crippen molar-refractivity contribution in [3.63, 3.8) is 0 Å². The summed E-state index contributed by atoms with van der Waals surface area (Å²) in [7, 11) is 0. The molecule has 0 saturated carbocycles. The highest BCUT2D eigenvalue weighted by molar-refractivity contribution is 7.09. The van der Waals surface area contributed by atoms with Crippen LogP contribution in [0.4, 0.5) is 0 Å². The Morgan fingerprint density at radius 2 is 1.92 bits per heavy atom. The average molecular weight is 378 g/mol. The van der Waals surface area contributed by atoms with Crippen molar-refractivity contribution >= 4 is 11.3 Å². The van der Waals surface area contributed by atoms with E-state index in [0.29, 0.717) is 6.61 Å². The second kappa shape index (κ2) is 7.78. The summed E-state index contributed by atoms with van der Waals surface area (Å²) in [6.07, 6.45) is 0. The summed E-state index contributed by atoms with van der Waals surface area (Å²) in [5.41, 5.74) is 0.866. The number of hydrogen-bond donors (Lipinski definition) is 0. The van der Waals surface area contributed by atoms with Gasteiger partial charge in [0.15, 0.2) is 0 Å². The standard InChI is InChI=1S/C19H27N3O3S/c1-15-3-4-18(25-15)10-22-6-8-24-19(13-22)12-21(5-7-23-14-19)9-17-11-26-16(2)20-17/h3-4,11H,5-10,12-14H2,1-2H3/t19-/m1/s1. The average Bonchev–Trinajstić information content (AvgIpc) is 3.14. The van der Waals surface area contributed by atoms with Crippen molar-refractivity contribution in [2.75, 3.05) is 46.0 Å². The van der Waals surface area contributed by atoms with E-state index in [4.69, 9.17) is 13.9 Å². The fraction of sp³-hybridized carbons (Fsp3) is 0.632. The predicted molar refractivity (Wildman–Crippen MR) is 100 cm³/mol. The van der Waals surface area contributed by atoms with E-state index in [1.54, 1.807) is 11.3 Å². The third-order valence-corrected chi connectivity index (χ3v) is 5.81. The van der Waals surface area contributed by atoms with E-state index >= 15 is 0 Å². The molecule has 1 atom stereocenters. The summed E-state index contributed by atoms with van der Waals surface area (Å²) in [5.74, 6) is 1.98. The first-order valence-corrected chi connectivity index (χ1v) is 10.1. The molecule has 0 aliphatic carbocycles. The Kier molecular flexibility index (Phi) is 5.42. The van der Waals surface area contributed by atoms with Crippen LogP contribution >= 0.6 is 11.3 Å². The molecule has 0 aromatic carbocycles. The molecule has 2 saturated heterocycles. The quantitative estimate of drug-likeness (QED) is 0.816. The second-order valence-corrected chi connectivity index (χ2v) is 8.44. The van der Waals surface area contributed by atoms with Gasteiger partial charge in [0.1, 0.15) is 17.1 Å². The van der Waals surface area contributed by atoms with Crippen LogP contribution in [0.2, 0.25) is 0 Å². The summed E-state index contributed by atoms with van der Waals surface area (Å²) in [5, 5.41) is 3.27. The molecule has 0 bridgehead atoms. The maximum atomic E-state index is 6.28. The van der Waals surface area contributed by atoms with Crippen molar-refractivity contribution in [2.24, 2.45) is 0 Å². The molecule has 4 heterocycles. The molecular weight excluding hydrogens is 350 g/mol. The highest BCUT2D eigenvalue weighted by atomic mass is 32.1. The van der Waals surface area contributed by atoms with E-state index in [1.807, 2.05) is 13.0 Å². The van der Waals surface area contributed by atoms with Crippen LogP contribution in [0.5, 0.6) is 0 Å². The molecule has 2 aliphatic heterocycles. The number of nitrogens with zero attached hydrogens (tertiary/aromatic N) is 3. The van der Waals surface area contributed by atoms with Crippen LogP contribution in [0.15, 0.2) is 21.9 Å². The summed E-state index contributed by atoms with van der Waals surface area (Å²) in [4.78, 5) is 9.45. The lowest BCUT2D eigenvalue weighted by molar-refractivity contribution is -0.144. The molecule has 142 valence electrons. The Labute approximate surface area is 158 Å². The van der Waals surface area contributed by atoms with Gasteiger partial charge in [0, 0.05) is 38.1 Å². The largest absolute Gasteiger partial charge is 0.465 e. The molecule has 4 rings (SSSR count). The van der Waals surface area contributed by atoms with Gasteiger partial charge in [-0.2, -0.15) is 0 Å². The first-order chi connectivity index (χ1) is 12.6. The monoisotopic (exact) mass is 377 g/mol. The fourth-order valence-electron chi connectivity index (χ4n) is 3.86. The Balaban J connectivity index is 1.42. The molecule has 2 aliphatic rings. The number of thiazole rings is 1. The normalized spacial score (nSPS) is 25.6. The van der Waals surface area contributed by atoms with Crippen molar-refractivity contribution in [2.45, 2.75) is 32.5 Å². The number of ether oxygens (including phenoxy) is 2. The van der Waals surface area contributed by atoms with Crippen molar-refractivity contribution in [1.82, 2.24) is 14.8 Å². The maximum Gasteiger partial charge on any atom is 0.118 e. The summed E-state index contributed by atoms with van der Waals surface area (Å²) in [6.45, 7) is 11.4. The summed E-state index contributed by atoms with van der Waals surface area (Å²) < 4.78 is 18.0. The highest BCUT2D eigenvalue weighted by Gasteiger charge is 2.40. The lowest BCUT2D eigenvalue weighted by Gasteiger charge is -2.43. The van der Waals surface area contributed by atoms with E-state index in [1.165, 1.54) is 0 Å².